The lowest BCUT2D eigenvalue weighted by Gasteiger charge is -2.24. The molecule has 2 heteroatoms. The van der Waals surface area contributed by atoms with E-state index in [1.807, 2.05) is 26.1 Å². The van der Waals surface area contributed by atoms with Crippen LogP contribution in [0.5, 0.6) is 0 Å². The Bertz CT molecular complexity index is 402. The van der Waals surface area contributed by atoms with Gasteiger partial charge < -0.3 is 5.32 Å². The molecule has 0 aromatic heterocycles. The van der Waals surface area contributed by atoms with Crippen molar-refractivity contribution in [1.82, 2.24) is 5.32 Å². The molecule has 1 nitrogen and oxygen atoms in total. The molecule has 1 aromatic carbocycles. The van der Waals surface area contributed by atoms with Crippen molar-refractivity contribution in [2.24, 2.45) is 11.8 Å². The topological polar surface area (TPSA) is 12.0 Å². The van der Waals surface area contributed by atoms with Crippen molar-refractivity contribution in [2.75, 3.05) is 7.05 Å². The summed E-state index contributed by atoms with van der Waals surface area (Å²) < 4.78 is 14.0. The first-order valence-corrected chi connectivity index (χ1v) is 7.09. The predicted octanol–water partition coefficient (Wildman–Crippen LogP) is 4.22. The summed E-state index contributed by atoms with van der Waals surface area (Å²) in [6.45, 7) is 4.29. The second-order valence-corrected chi connectivity index (χ2v) is 5.64. The van der Waals surface area contributed by atoms with Crippen molar-refractivity contribution in [2.45, 2.75) is 45.6 Å². The van der Waals surface area contributed by atoms with E-state index in [2.05, 4.69) is 12.2 Å². The molecule has 18 heavy (non-hydrogen) atoms. The van der Waals surface area contributed by atoms with Crippen molar-refractivity contribution in [1.29, 1.82) is 0 Å². The summed E-state index contributed by atoms with van der Waals surface area (Å²) in [6, 6.07) is 5.60. The standard InChI is InChI=1S/C16H24FN/c1-4-12-6-7-13(10-12)16(18-3)14-9-11(2)5-8-15(14)17/h5,8-9,12-13,16,18H,4,6-7,10H2,1-3H3. The Hall–Kier alpha value is -0.890. The summed E-state index contributed by atoms with van der Waals surface area (Å²) in [5.41, 5.74) is 1.98. The van der Waals surface area contributed by atoms with Crippen molar-refractivity contribution >= 4 is 0 Å². The van der Waals surface area contributed by atoms with Crippen LogP contribution in [0.2, 0.25) is 0 Å². The number of hydrogen-bond donors (Lipinski definition) is 1. The van der Waals surface area contributed by atoms with Gasteiger partial charge in [0.2, 0.25) is 0 Å². The van der Waals surface area contributed by atoms with Gasteiger partial charge in [0.15, 0.2) is 0 Å². The van der Waals surface area contributed by atoms with Gasteiger partial charge in [-0.2, -0.15) is 0 Å². The first-order valence-electron chi connectivity index (χ1n) is 7.09. The number of hydrogen-bond acceptors (Lipinski definition) is 1. The highest BCUT2D eigenvalue weighted by Gasteiger charge is 2.31. The van der Waals surface area contributed by atoms with Crippen LogP contribution in [0, 0.1) is 24.6 Å². The summed E-state index contributed by atoms with van der Waals surface area (Å²) in [6.07, 6.45) is 5.00. The molecule has 0 bridgehead atoms. The van der Waals surface area contributed by atoms with E-state index in [-0.39, 0.29) is 11.9 Å². The van der Waals surface area contributed by atoms with Crippen molar-refractivity contribution in [3.8, 4) is 0 Å². The van der Waals surface area contributed by atoms with Crippen LogP contribution in [0.3, 0.4) is 0 Å². The lowest BCUT2D eigenvalue weighted by molar-refractivity contribution is 0.362. The van der Waals surface area contributed by atoms with Crippen molar-refractivity contribution in [3.63, 3.8) is 0 Å². The van der Waals surface area contributed by atoms with Gasteiger partial charge in [-0.25, -0.2) is 4.39 Å². The van der Waals surface area contributed by atoms with E-state index in [0.717, 1.165) is 17.0 Å². The first kappa shape index (κ1) is 13.5. The zero-order valence-electron chi connectivity index (χ0n) is 11.7. The average molecular weight is 249 g/mol. The smallest absolute Gasteiger partial charge is 0.128 e. The molecule has 3 atom stereocenters. The van der Waals surface area contributed by atoms with E-state index in [9.17, 15) is 4.39 Å². The highest BCUT2D eigenvalue weighted by atomic mass is 19.1. The largest absolute Gasteiger partial charge is 0.313 e. The van der Waals surface area contributed by atoms with Crippen LogP contribution in [-0.4, -0.2) is 7.05 Å². The zero-order chi connectivity index (χ0) is 13.1. The van der Waals surface area contributed by atoms with Gasteiger partial charge in [-0.15, -0.1) is 0 Å². The average Bonchev–Trinajstić information content (AvgIpc) is 2.83. The molecule has 0 radical (unpaired) electrons. The van der Waals surface area contributed by atoms with Crippen LogP contribution in [0.1, 0.15) is 49.8 Å². The molecule has 0 spiro atoms. The summed E-state index contributed by atoms with van der Waals surface area (Å²) in [7, 11) is 1.95. The van der Waals surface area contributed by atoms with E-state index in [0.29, 0.717) is 5.92 Å². The van der Waals surface area contributed by atoms with Gasteiger partial charge in [-0.1, -0.05) is 37.5 Å². The lowest BCUT2D eigenvalue weighted by atomic mass is 9.89. The zero-order valence-corrected chi connectivity index (χ0v) is 11.7. The molecule has 0 aliphatic heterocycles. The molecule has 3 unspecified atom stereocenters. The molecular weight excluding hydrogens is 225 g/mol. The molecule has 2 rings (SSSR count). The van der Waals surface area contributed by atoms with E-state index in [4.69, 9.17) is 0 Å². The van der Waals surface area contributed by atoms with Crippen LogP contribution in [-0.2, 0) is 0 Å². The Kier molecular flexibility index (Phi) is 4.39. The molecule has 0 amide bonds. The molecule has 0 heterocycles. The molecule has 1 aliphatic rings. The normalized spacial score (nSPS) is 25.3. The molecule has 0 saturated heterocycles. The van der Waals surface area contributed by atoms with Gasteiger partial charge >= 0.3 is 0 Å². The van der Waals surface area contributed by atoms with E-state index in [1.165, 1.54) is 25.7 Å². The maximum Gasteiger partial charge on any atom is 0.128 e. The minimum atomic E-state index is -0.0695. The van der Waals surface area contributed by atoms with Gasteiger partial charge in [0.25, 0.3) is 0 Å². The van der Waals surface area contributed by atoms with Crippen molar-refractivity contribution in [3.05, 3.63) is 35.1 Å². The van der Waals surface area contributed by atoms with Crippen LogP contribution in [0.25, 0.3) is 0 Å². The Labute approximate surface area is 110 Å². The summed E-state index contributed by atoms with van der Waals surface area (Å²) in [4.78, 5) is 0. The third-order valence-corrected chi connectivity index (χ3v) is 4.43. The van der Waals surface area contributed by atoms with Crippen LogP contribution < -0.4 is 5.32 Å². The highest BCUT2D eigenvalue weighted by molar-refractivity contribution is 5.27. The predicted molar refractivity (Wildman–Crippen MR) is 74.1 cm³/mol. The Morgan fingerprint density at radius 2 is 2.17 bits per heavy atom. The second kappa shape index (κ2) is 5.83. The van der Waals surface area contributed by atoms with Gasteiger partial charge in [0, 0.05) is 11.6 Å². The fourth-order valence-corrected chi connectivity index (χ4v) is 3.33. The van der Waals surface area contributed by atoms with Crippen LogP contribution in [0.15, 0.2) is 18.2 Å². The highest BCUT2D eigenvalue weighted by Crippen LogP contribution is 2.40. The van der Waals surface area contributed by atoms with E-state index >= 15 is 0 Å². The number of nitrogens with one attached hydrogen (secondary N) is 1. The minimum absolute atomic E-state index is 0.0695. The molecule has 1 N–H and O–H groups in total. The molecule has 100 valence electrons. The number of benzene rings is 1. The molecule has 1 aliphatic carbocycles. The molecular formula is C16H24FN. The summed E-state index contributed by atoms with van der Waals surface area (Å²) >= 11 is 0. The van der Waals surface area contributed by atoms with Crippen LogP contribution in [0.4, 0.5) is 4.39 Å². The molecule has 1 saturated carbocycles. The summed E-state index contributed by atoms with van der Waals surface area (Å²) in [5.74, 6) is 1.34. The van der Waals surface area contributed by atoms with Gasteiger partial charge in [-0.3, -0.25) is 0 Å². The quantitative estimate of drug-likeness (QED) is 0.842. The molecule has 1 aromatic rings. The fourth-order valence-electron chi connectivity index (χ4n) is 3.33. The van der Waals surface area contributed by atoms with Gasteiger partial charge in [0.05, 0.1) is 0 Å². The van der Waals surface area contributed by atoms with E-state index < -0.39 is 0 Å². The number of aryl methyl sites for hydroxylation is 1. The molecule has 1 fully saturated rings. The van der Waals surface area contributed by atoms with Gasteiger partial charge in [-0.05, 0) is 44.7 Å². The second-order valence-electron chi connectivity index (χ2n) is 5.64. The summed E-state index contributed by atoms with van der Waals surface area (Å²) in [5, 5.41) is 3.33. The Morgan fingerprint density at radius 3 is 2.78 bits per heavy atom. The van der Waals surface area contributed by atoms with E-state index in [1.54, 1.807) is 6.07 Å². The maximum atomic E-state index is 14.0. The monoisotopic (exact) mass is 249 g/mol. The fraction of sp³-hybridized carbons (Fsp3) is 0.625. The lowest BCUT2D eigenvalue weighted by Crippen LogP contribution is -2.25. The SMILES string of the molecule is CCC1CCC(C(NC)c2cc(C)ccc2F)C1. The minimum Gasteiger partial charge on any atom is -0.313 e. The first-order chi connectivity index (χ1) is 8.65. The Balaban J connectivity index is 2.20. The third kappa shape index (κ3) is 2.74. The van der Waals surface area contributed by atoms with Crippen LogP contribution >= 0.6 is 0 Å². The number of rotatable bonds is 4. The van der Waals surface area contributed by atoms with Gasteiger partial charge in [0.1, 0.15) is 5.82 Å². The van der Waals surface area contributed by atoms with Crippen molar-refractivity contribution < 1.29 is 4.39 Å². The third-order valence-electron chi connectivity index (χ3n) is 4.43. The maximum absolute atomic E-state index is 14.0. The Morgan fingerprint density at radius 1 is 1.39 bits per heavy atom. The number of halogens is 1.